The third-order valence-corrected chi connectivity index (χ3v) is 6.91. The molecular weight excluding hydrogens is 501 g/mol. The van der Waals surface area contributed by atoms with E-state index in [1.54, 1.807) is 18.2 Å². The van der Waals surface area contributed by atoms with E-state index < -0.39 is 0 Å². The first-order chi connectivity index (χ1) is 14.9. The summed E-state index contributed by atoms with van der Waals surface area (Å²) in [6, 6.07) is 12.7. The van der Waals surface area contributed by atoms with Crippen LogP contribution in [-0.4, -0.2) is 46.6 Å². The molecule has 0 spiro atoms. The maximum absolute atomic E-state index is 13.1. The maximum atomic E-state index is 13.1. The molecule has 8 heteroatoms. The van der Waals surface area contributed by atoms with Gasteiger partial charge >= 0.3 is 0 Å². The monoisotopic (exact) mass is 521 g/mol. The van der Waals surface area contributed by atoms with Crippen LogP contribution < -0.4 is 0 Å². The number of likely N-dealkylation sites (tertiary alicyclic amines) is 1. The van der Waals surface area contributed by atoms with Crippen molar-refractivity contribution in [3.8, 4) is 0 Å². The van der Waals surface area contributed by atoms with Crippen molar-refractivity contribution >= 4 is 56.7 Å². The van der Waals surface area contributed by atoms with Gasteiger partial charge in [0, 0.05) is 23.0 Å². The molecule has 0 N–H and O–H groups in total. The van der Waals surface area contributed by atoms with Gasteiger partial charge in [0.2, 0.25) is 11.8 Å². The summed E-state index contributed by atoms with van der Waals surface area (Å²) in [5, 5.41) is 7.04. The Hall–Kier alpha value is -1.89. The van der Waals surface area contributed by atoms with Gasteiger partial charge in [-0.2, -0.15) is 5.10 Å². The number of halogens is 3. The number of carbonyl (C=O) groups is 2. The van der Waals surface area contributed by atoms with E-state index in [1.165, 1.54) is 5.01 Å². The Bertz CT molecular complexity index is 1030. The molecule has 2 aliphatic heterocycles. The molecule has 5 nitrogen and oxygen atoms in total. The van der Waals surface area contributed by atoms with Gasteiger partial charge in [-0.25, -0.2) is 5.01 Å². The normalized spacial score (nSPS) is 19.4. The van der Waals surface area contributed by atoms with Crippen LogP contribution in [0.25, 0.3) is 0 Å². The van der Waals surface area contributed by atoms with Gasteiger partial charge in [-0.3, -0.25) is 9.59 Å². The lowest BCUT2D eigenvalue weighted by atomic mass is 10.0. The fourth-order valence-corrected chi connectivity index (χ4v) is 4.60. The van der Waals surface area contributed by atoms with Crippen LogP contribution in [0.4, 0.5) is 0 Å². The van der Waals surface area contributed by atoms with Crippen molar-refractivity contribution in [2.24, 2.45) is 5.10 Å². The molecule has 2 aromatic rings. The van der Waals surface area contributed by atoms with Crippen molar-refractivity contribution in [2.75, 3.05) is 13.1 Å². The highest BCUT2D eigenvalue weighted by molar-refractivity contribution is 9.10. The van der Waals surface area contributed by atoms with Crippen molar-refractivity contribution < 1.29 is 9.59 Å². The van der Waals surface area contributed by atoms with E-state index in [0.717, 1.165) is 40.6 Å². The Morgan fingerprint density at radius 1 is 1.06 bits per heavy atom. The van der Waals surface area contributed by atoms with Crippen LogP contribution >= 0.6 is 39.1 Å². The summed E-state index contributed by atoms with van der Waals surface area (Å²) in [5.74, 6) is -0.0103. The van der Waals surface area contributed by atoms with Crippen molar-refractivity contribution in [3.63, 3.8) is 0 Å². The van der Waals surface area contributed by atoms with Crippen LogP contribution in [0.1, 0.15) is 36.8 Å². The van der Waals surface area contributed by atoms with Crippen molar-refractivity contribution in [3.05, 3.63) is 68.1 Å². The Labute approximate surface area is 200 Å². The van der Waals surface area contributed by atoms with Crippen LogP contribution in [0.3, 0.4) is 0 Å². The zero-order valence-corrected chi connectivity index (χ0v) is 20.0. The Balaban J connectivity index is 1.61. The minimum absolute atomic E-state index is 0.131. The Morgan fingerprint density at radius 2 is 1.84 bits per heavy atom. The highest BCUT2D eigenvalue weighted by Crippen LogP contribution is 2.26. The summed E-state index contributed by atoms with van der Waals surface area (Å²) < 4.78 is 0.963. The number of hydrogen-bond acceptors (Lipinski definition) is 3. The summed E-state index contributed by atoms with van der Waals surface area (Å²) in [6.07, 6.45) is 3.62. The highest BCUT2D eigenvalue weighted by atomic mass is 79.9. The lowest BCUT2D eigenvalue weighted by molar-refractivity contribution is -0.134. The van der Waals surface area contributed by atoms with Crippen LogP contribution in [0.2, 0.25) is 10.0 Å². The SMILES string of the molecule is O=C(Cc1ccc(Cl)c(Cl)c1)N1CC(N2CCCCCC2=O)C(c2ccc(Br)cc2)=N1. The summed E-state index contributed by atoms with van der Waals surface area (Å²) in [6.45, 7) is 1.05. The first-order valence-electron chi connectivity index (χ1n) is 10.3. The second-order valence-corrected chi connectivity index (χ2v) is 9.54. The number of amides is 2. The van der Waals surface area contributed by atoms with E-state index in [4.69, 9.17) is 23.2 Å². The van der Waals surface area contributed by atoms with E-state index in [2.05, 4.69) is 21.0 Å². The van der Waals surface area contributed by atoms with Gasteiger partial charge in [0.25, 0.3) is 0 Å². The van der Waals surface area contributed by atoms with Crippen LogP contribution in [-0.2, 0) is 16.0 Å². The molecule has 1 saturated heterocycles. The predicted octanol–water partition coefficient (Wildman–Crippen LogP) is 5.32. The number of rotatable bonds is 4. The van der Waals surface area contributed by atoms with E-state index in [0.29, 0.717) is 29.6 Å². The molecule has 2 aromatic carbocycles. The minimum Gasteiger partial charge on any atom is -0.332 e. The second-order valence-electron chi connectivity index (χ2n) is 7.81. The van der Waals surface area contributed by atoms with Crippen LogP contribution in [0.15, 0.2) is 52.0 Å². The van der Waals surface area contributed by atoms with E-state index in [-0.39, 0.29) is 24.3 Å². The van der Waals surface area contributed by atoms with Crippen LogP contribution in [0, 0.1) is 0 Å². The van der Waals surface area contributed by atoms with Gasteiger partial charge in [-0.05, 0) is 42.7 Å². The van der Waals surface area contributed by atoms with Gasteiger partial charge in [0.15, 0.2) is 0 Å². The average molecular weight is 523 g/mol. The van der Waals surface area contributed by atoms with E-state index >= 15 is 0 Å². The molecule has 0 saturated carbocycles. The van der Waals surface area contributed by atoms with Crippen molar-refractivity contribution in [1.29, 1.82) is 0 Å². The minimum atomic E-state index is -0.246. The third kappa shape index (κ3) is 5.13. The first kappa shape index (κ1) is 22.3. The third-order valence-electron chi connectivity index (χ3n) is 5.64. The van der Waals surface area contributed by atoms with Gasteiger partial charge < -0.3 is 4.90 Å². The largest absolute Gasteiger partial charge is 0.332 e. The quantitative estimate of drug-likeness (QED) is 0.546. The number of nitrogens with zero attached hydrogens (tertiary/aromatic N) is 3. The Kier molecular flexibility index (Phi) is 6.99. The first-order valence-corrected chi connectivity index (χ1v) is 11.9. The zero-order valence-electron chi connectivity index (χ0n) is 16.9. The molecule has 1 atom stereocenters. The summed E-state index contributed by atoms with van der Waals surface area (Å²) in [5.41, 5.74) is 2.44. The Morgan fingerprint density at radius 3 is 2.58 bits per heavy atom. The number of hydrogen-bond donors (Lipinski definition) is 0. The lowest BCUT2D eigenvalue weighted by Crippen LogP contribution is -2.47. The molecule has 162 valence electrons. The highest BCUT2D eigenvalue weighted by Gasteiger charge is 2.37. The van der Waals surface area contributed by atoms with Gasteiger partial charge in [0.1, 0.15) is 0 Å². The number of benzene rings is 2. The lowest BCUT2D eigenvalue weighted by Gasteiger charge is -2.28. The topological polar surface area (TPSA) is 53.0 Å². The molecule has 0 bridgehead atoms. The molecule has 0 aromatic heterocycles. The van der Waals surface area contributed by atoms with Crippen molar-refractivity contribution in [2.45, 2.75) is 38.1 Å². The summed E-state index contributed by atoms with van der Waals surface area (Å²) >= 11 is 15.5. The summed E-state index contributed by atoms with van der Waals surface area (Å²) in [7, 11) is 0. The smallest absolute Gasteiger partial charge is 0.247 e. The molecule has 1 unspecified atom stereocenters. The van der Waals surface area contributed by atoms with Crippen LogP contribution in [0.5, 0.6) is 0 Å². The molecule has 2 amide bonds. The number of hydrazone groups is 1. The average Bonchev–Trinajstić information content (AvgIpc) is 3.07. The molecule has 4 rings (SSSR count). The molecule has 31 heavy (non-hydrogen) atoms. The standard InChI is InChI=1S/C23H22BrCl2N3O2/c24-17-8-6-16(7-9-17)23-20(28-11-3-1-2-4-21(28)30)14-29(27-23)22(31)13-15-5-10-18(25)19(26)12-15/h5-10,12,20H,1-4,11,13-14H2. The van der Waals surface area contributed by atoms with Gasteiger partial charge in [-0.1, -0.05) is 63.8 Å². The molecular formula is C23H22BrCl2N3O2. The molecule has 0 aliphatic carbocycles. The predicted molar refractivity (Wildman–Crippen MR) is 127 cm³/mol. The summed E-state index contributed by atoms with van der Waals surface area (Å²) in [4.78, 5) is 27.8. The van der Waals surface area contributed by atoms with Crippen molar-refractivity contribution in [1.82, 2.24) is 9.91 Å². The maximum Gasteiger partial charge on any atom is 0.247 e. The van der Waals surface area contributed by atoms with E-state index in [9.17, 15) is 9.59 Å². The van der Waals surface area contributed by atoms with Gasteiger partial charge in [-0.15, -0.1) is 0 Å². The fourth-order valence-electron chi connectivity index (χ4n) is 4.01. The fraction of sp³-hybridized carbons (Fsp3) is 0.348. The molecule has 2 aliphatic rings. The molecule has 1 fully saturated rings. The molecule has 0 radical (unpaired) electrons. The zero-order chi connectivity index (χ0) is 22.0. The second kappa shape index (κ2) is 9.72. The van der Waals surface area contributed by atoms with Gasteiger partial charge in [0.05, 0.1) is 34.8 Å². The van der Waals surface area contributed by atoms with E-state index in [1.807, 2.05) is 29.2 Å². The number of carbonyl (C=O) groups excluding carboxylic acids is 2. The molecule has 2 heterocycles.